The molecule has 1 aliphatic rings. The van der Waals surface area contributed by atoms with E-state index >= 15 is 0 Å². The number of rotatable bonds is 9. The van der Waals surface area contributed by atoms with Gasteiger partial charge in [0, 0.05) is 13.5 Å². The molecule has 2 aromatic carbocycles. The number of para-hydroxylation sites is 1. The highest BCUT2D eigenvalue weighted by atomic mass is 32.2. The van der Waals surface area contributed by atoms with Gasteiger partial charge in [-0.3, -0.25) is 9.10 Å². The van der Waals surface area contributed by atoms with Crippen LogP contribution in [0.2, 0.25) is 0 Å². The smallest absolute Gasteiger partial charge is 0.305 e. The number of anilines is 1. The molecular weight excluding hydrogens is 431 g/mol. The maximum Gasteiger partial charge on any atom is 0.305 e. The first-order valence-electron chi connectivity index (χ1n) is 11.0. The van der Waals surface area contributed by atoms with Gasteiger partial charge in [-0.15, -0.1) is 0 Å². The zero-order valence-electron chi connectivity index (χ0n) is 18.9. The molecular formula is C24H31FN2O4S. The molecule has 1 unspecified atom stereocenters. The Hall–Kier alpha value is -2.45. The van der Waals surface area contributed by atoms with Crippen molar-refractivity contribution in [3.8, 4) is 0 Å². The van der Waals surface area contributed by atoms with Gasteiger partial charge in [0.05, 0.1) is 23.2 Å². The Kier molecular flexibility index (Phi) is 7.90. The fraction of sp³-hybridized carbons (Fsp3) is 0.458. The number of hydrogen-bond donors (Lipinski definition) is 1. The van der Waals surface area contributed by atoms with E-state index in [-0.39, 0.29) is 10.9 Å². The lowest BCUT2D eigenvalue weighted by Gasteiger charge is -2.22. The number of unbranched alkanes of at least 4 members (excludes halogenated alkanes) is 3. The van der Waals surface area contributed by atoms with Crippen LogP contribution in [0.3, 0.4) is 0 Å². The largest absolute Gasteiger partial charge is 0.466 e. The number of carbonyl (C=O) groups excluding carboxylic acids is 1. The molecule has 0 radical (unpaired) electrons. The molecule has 0 saturated heterocycles. The molecule has 1 aliphatic heterocycles. The van der Waals surface area contributed by atoms with E-state index in [0.29, 0.717) is 36.4 Å². The maximum atomic E-state index is 14.5. The van der Waals surface area contributed by atoms with Crippen LogP contribution in [0.25, 0.3) is 0 Å². The van der Waals surface area contributed by atoms with Gasteiger partial charge in [-0.1, -0.05) is 31.0 Å². The van der Waals surface area contributed by atoms with Crippen molar-refractivity contribution in [2.75, 3.05) is 24.5 Å². The molecule has 1 N–H and O–H groups in total. The number of hydrogen-bond acceptors (Lipinski definition) is 5. The van der Waals surface area contributed by atoms with E-state index < -0.39 is 21.9 Å². The van der Waals surface area contributed by atoms with Gasteiger partial charge in [0.15, 0.2) is 0 Å². The summed E-state index contributed by atoms with van der Waals surface area (Å²) in [5, 5.41) is 3.45. The van der Waals surface area contributed by atoms with Crippen LogP contribution in [0.15, 0.2) is 41.3 Å². The van der Waals surface area contributed by atoms with E-state index in [2.05, 4.69) is 5.32 Å². The van der Waals surface area contributed by atoms with Crippen molar-refractivity contribution in [1.29, 1.82) is 0 Å². The molecule has 0 amide bonds. The van der Waals surface area contributed by atoms with Crippen LogP contribution in [0, 0.1) is 12.7 Å². The molecule has 1 heterocycles. The van der Waals surface area contributed by atoms with Gasteiger partial charge >= 0.3 is 5.97 Å². The Bertz CT molecular complexity index is 1070. The highest BCUT2D eigenvalue weighted by Gasteiger charge is 2.35. The lowest BCUT2D eigenvalue weighted by atomic mass is 9.95. The Labute approximate surface area is 189 Å². The van der Waals surface area contributed by atoms with Gasteiger partial charge in [-0.25, -0.2) is 12.8 Å². The lowest BCUT2D eigenvalue weighted by Crippen LogP contribution is -2.26. The van der Waals surface area contributed by atoms with Crippen molar-refractivity contribution >= 4 is 21.7 Å². The first kappa shape index (κ1) is 24.2. The zero-order chi connectivity index (χ0) is 23.3. The first-order valence-corrected chi connectivity index (χ1v) is 12.5. The molecule has 0 fully saturated rings. The molecule has 6 nitrogen and oxygen atoms in total. The Balaban J connectivity index is 1.78. The van der Waals surface area contributed by atoms with Gasteiger partial charge in [-0.2, -0.15) is 0 Å². The normalized spacial score (nSPS) is 16.8. The van der Waals surface area contributed by atoms with Gasteiger partial charge in [-0.05, 0) is 68.1 Å². The molecule has 8 heteroatoms. The van der Waals surface area contributed by atoms with Crippen molar-refractivity contribution in [1.82, 2.24) is 5.32 Å². The molecule has 2 aromatic rings. The van der Waals surface area contributed by atoms with E-state index in [9.17, 15) is 17.6 Å². The average Bonchev–Trinajstić information content (AvgIpc) is 2.82. The van der Waals surface area contributed by atoms with E-state index in [1.165, 1.54) is 23.5 Å². The van der Waals surface area contributed by atoms with E-state index in [0.717, 1.165) is 31.2 Å². The number of ether oxygens (including phenoxy) is 1. The fourth-order valence-electron chi connectivity index (χ4n) is 4.03. The van der Waals surface area contributed by atoms with E-state index in [1.807, 2.05) is 12.1 Å². The van der Waals surface area contributed by atoms with Crippen LogP contribution in [0.1, 0.15) is 61.8 Å². The third-order valence-corrected chi connectivity index (χ3v) is 7.62. The molecule has 32 heavy (non-hydrogen) atoms. The average molecular weight is 463 g/mol. The predicted molar refractivity (Wildman–Crippen MR) is 123 cm³/mol. The molecule has 0 bridgehead atoms. The topological polar surface area (TPSA) is 75.7 Å². The van der Waals surface area contributed by atoms with Gasteiger partial charge < -0.3 is 10.1 Å². The zero-order valence-corrected chi connectivity index (χ0v) is 19.7. The van der Waals surface area contributed by atoms with Crippen molar-refractivity contribution in [3.05, 3.63) is 58.9 Å². The summed E-state index contributed by atoms with van der Waals surface area (Å²) in [4.78, 5) is 11.5. The third-order valence-electron chi connectivity index (χ3n) is 5.79. The second-order valence-corrected chi connectivity index (χ2v) is 9.96. The number of aryl methyl sites for hydroxylation is 1. The summed E-state index contributed by atoms with van der Waals surface area (Å²) in [5.74, 6) is -0.591. The van der Waals surface area contributed by atoms with Crippen molar-refractivity contribution in [3.63, 3.8) is 0 Å². The van der Waals surface area contributed by atoms with E-state index in [4.69, 9.17) is 4.74 Å². The molecule has 0 saturated carbocycles. The lowest BCUT2D eigenvalue weighted by molar-refractivity contribution is -0.143. The van der Waals surface area contributed by atoms with Gasteiger partial charge in [0.1, 0.15) is 5.82 Å². The summed E-state index contributed by atoms with van der Waals surface area (Å²) >= 11 is 0. The molecule has 0 aliphatic carbocycles. The second-order valence-electron chi connectivity index (χ2n) is 8.03. The van der Waals surface area contributed by atoms with E-state index in [1.54, 1.807) is 26.0 Å². The minimum absolute atomic E-state index is 0.127. The number of sulfonamides is 1. The van der Waals surface area contributed by atoms with Crippen LogP contribution in [0.4, 0.5) is 10.1 Å². The van der Waals surface area contributed by atoms with Crippen LogP contribution >= 0.6 is 0 Å². The standard InChI is InChI=1S/C24H31FN2O4S/c1-4-31-23(28)13-7-5-6-10-14-26-24-18-11-8-9-12-21(18)27(3)32(29,30)22-15-17(2)20(25)16-19(22)24/h8-9,11-12,15-16,24,26H,4-7,10,13-14H2,1-3H3. The van der Waals surface area contributed by atoms with Gasteiger partial charge in [0.2, 0.25) is 0 Å². The third kappa shape index (κ3) is 5.13. The van der Waals surface area contributed by atoms with Crippen LogP contribution in [-0.4, -0.2) is 34.6 Å². The summed E-state index contributed by atoms with van der Waals surface area (Å²) in [6.07, 6.45) is 3.89. The highest BCUT2D eigenvalue weighted by molar-refractivity contribution is 7.92. The summed E-state index contributed by atoms with van der Waals surface area (Å²) in [5.41, 5.74) is 2.09. The van der Waals surface area contributed by atoms with Crippen molar-refractivity contribution in [2.24, 2.45) is 0 Å². The van der Waals surface area contributed by atoms with Crippen LogP contribution in [0.5, 0.6) is 0 Å². The first-order chi connectivity index (χ1) is 15.3. The highest BCUT2D eigenvalue weighted by Crippen LogP contribution is 2.40. The minimum atomic E-state index is -3.82. The molecule has 0 spiro atoms. The minimum Gasteiger partial charge on any atom is -0.466 e. The Morgan fingerprint density at radius 3 is 2.59 bits per heavy atom. The molecule has 174 valence electrons. The number of carbonyl (C=O) groups is 1. The maximum absolute atomic E-state index is 14.5. The Morgan fingerprint density at radius 1 is 1.12 bits per heavy atom. The molecule has 3 rings (SSSR count). The van der Waals surface area contributed by atoms with Crippen molar-refractivity contribution in [2.45, 2.75) is 56.9 Å². The van der Waals surface area contributed by atoms with Crippen molar-refractivity contribution < 1.29 is 22.3 Å². The summed E-state index contributed by atoms with van der Waals surface area (Å²) in [6, 6.07) is 9.63. The van der Waals surface area contributed by atoms with Crippen LogP contribution < -0.4 is 9.62 Å². The fourth-order valence-corrected chi connectivity index (χ4v) is 5.55. The number of nitrogens with zero attached hydrogens (tertiary/aromatic N) is 1. The number of halogens is 1. The Morgan fingerprint density at radius 2 is 1.84 bits per heavy atom. The summed E-state index contributed by atoms with van der Waals surface area (Å²) < 4.78 is 47.3. The second kappa shape index (κ2) is 10.4. The predicted octanol–water partition coefficient (Wildman–Crippen LogP) is 4.47. The summed E-state index contributed by atoms with van der Waals surface area (Å²) in [7, 11) is -2.29. The number of esters is 1. The monoisotopic (exact) mass is 462 g/mol. The SMILES string of the molecule is CCOC(=O)CCCCCCNC1c2ccccc2N(C)S(=O)(=O)c2cc(C)c(F)cc21. The molecule has 1 atom stereocenters. The molecule has 0 aromatic heterocycles. The number of nitrogens with one attached hydrogen (secondary N) is 1. The van der Waals surface area contributed by atoms with Crippen LogP contribution in [-0.2, 0) is 19.6 Å². The quantitative estimate of drug-likeness (QED) is 0.440. The number of benzene rings is 2. The van der Waals surface area contributed by atoms with Gasteiger partial charge in [0.25, 0.3) is 10.0 Å². The summed E-state index contributed by atoms with van der Waals surface area (Å²) in [6.45, 7) is 4.40. The number of fused-ring (bicyclic) bond motifs is 2.